The topological polar surface area (TPSA) is 84.9 Å². The highest BCUT2D eigenvalue weighted by atomic mass is 19.4. The summed E-state index contributed by atoms with van der Waals surface area (Å²) >= 11 is 0. The molecule has 1 aromatic carbocycles. The van der Waals surface area contributed by atoms with E-state index in [4.69, 9.17) is 9.57 Å². The Labute approximate surface area is 186 Å². The van der Waals surface area contributed by atoms with Crippen LogP contribution in [0.25, 0.3) is 0 Å². The largest absolute Gasteiger partial charge is 0.391 e. The number of hydrogen-bond acceptors (Lipinski definition) is 5. The maximum atomic E-state index is 13.0. The minimum absolute atomic E-state index is 0.0365. The minimum Gasteiger partial charge on any atom is -0.371 e. The number of alkyl halides is 3. The summed E-state index contributed by atoms with van der Waals surface area (Å²) in [5.41, 5.74) is 0.181. The van der Waals surface area contributed by atoms with Gasteiger partial charge in [0.2, 0.25) is 12.2 Å². The molecule has 0 aliphatic rings. The highest BCUT2D eigenvalue weighted by Gasteiger charge is 2.42. The van der Waals surface area contributed by atoms with Crippen molar-refractivity contribution in [2.45, 2.75) is 84.5 Å². The summed E-state index contributed by atoms with van der Waals surface area (Å²) in [6, 6.07) is 4.85. The number of nitrogens with zero attached hydrogens (tertiary/aromatic N) is 1. The van der Waals surface area contributed by atoms with Gasteiger partial charge < -0.3 is 10.1 Å². The number of carbonyl (C=O) groups is 3. The van der Waals surface area contributed by atoms with Crippen LogP contribution in [0.5, 0.6) is 0 Å². The fourth-order valence-corrected chi connectivity index (χ4v) is 2.47. The molecule has 180 valence electrons. The van der Waals surface area contributed by atoms with Gasteiger partial charge in [0, 0.05) is 6.54 Å². The number of amides is 2. The predicted octanol–water partition coefficient (Wildman–Crippen LogP) is 3.70. The second kappa shape index (κ2) is 10.9. The Bertz CT molecular complexity index is 781. The number of halogens is 3. The molecule has 0 spiro atoms. The zero-order valence-electron chi connectivity index (χ0n) is 19.2. The van der Waals surface area contributed by atoms with Crippen LogP contribution in [0.15, 0.2) is 24.3 Å². The number of ether oxygens (including phenoxy) is 1. The average Bonchev–Trinajstić information content (AvgIpc) is 2.65. The quantitative estimate of drug-likeness (QED) is 0.327. The van der Waals surface area contributed by atoms with Crippen molar-refractivity contribution in [2.24, 2.45) is 0 Å². The molecule has 1 atom stereocenters. The molecule has 0 bridgehead atoms. The van der Waals surface area contributed by atoms with Gasteiger partial charge in [-0.3, -0.25) is 19.2 Å². The predicted molar refractivity (Wildman–Crippen MR) is 111 cm³/mol. The number of nitrogens with one attached hydrogen (secondary N) is 1. The van der Waals surface area contributed by atoms with Crippen LogP contribution in [-0.4, -0.2) is 46.6 Å². The normalized spacial score (nSPS) is 13.4. The van der Waals surface area contributed by atoms with Gasteiger partial charge in [-0.25, -0.2) is 5.06 Å². The van der Waals surface area contributed by atoms with Crippen molar-refractivity contribution in [1.82, 2.24) is 10.4 Å². The molecule has 0 aliphatic carbocycles. The van der Waals surface area contributed by atoms with Crippen LogP contribution in [0.4, 0.5) is 13.2 Å². The first-order valence-corrected chi connectivity index (χ1v) is 10.0. The lowest BCUT2D eigenvalue weighted by Crippen LogP contribution is -2.51. The number of benzene rings is 1. The van der Waals surface area contributed by atoms with Crippen molar-refractivity contribution >= 4 is 18.1 Å². The summed E-state index contributed by atoms with van der Waals surface area (Å²) in [4.78, 5) is 41.2. The molecule has 0 unspecified atom stereocenters. The van der Waals surface area contributed by atoms with E-state index in [0.29, 0.717) is 12.2 Å². The van der Waals surface area contributed by atoms with Crippen molar-refractivity contribution in [3.8, 4) is 0 Å². The fraction of sp³-hybridized carbons (Fsp3) is 0.591. The van der Waals surface area contributed by atoms with Gasteiger partial charge in [-0.1, -0.05) is 24.3 Å². The SMILES string of the molecule is CC(C)(C)OCc1ccc(CNC(=O)C(=O)[C@H](CC(F)(F)F)N(C=O)OC(C)(C)C)cc1. The maximum Gasteiger partial charge on any atom is 0.391 e. The van der Waals surface area contributed by atoms with E-state index >= 15 is 0 Å². The molecule has 0 aromatic heterocycles. The van der Waals surface area contributed by atoms with E-state index < -0.39 is 35.9 Å². The third-order valence-electron chi connectivity index (χ3n) is 3.89. The minimum atomic E-state index is -4.80. The Hall–Kier alpha value is -2.46. The summed E-state index contributed by atoms with van der Waals surface area (Å²) in [7, 11) is 0. The van der Waals surface area contributed by atoms with Gasteiger partial charge >= 0.3 is 6.18 Å². The Kier molecular flexibility index (Phi) is 9.40. The van der Waals surface area contributed by atoms with E-state index in [0.717, 1.165) is 5.56 Å². The van der Waals surface area contributed by atoms with Gasteiger partial charge in [-0.15, -0.1) is 0 Å². The lowest BCUT2D eigenvalue weighted by molar-refractivity contribution is -0.244. The lowest BCUT2D eigenvalue weighted by atomic mass is 10.1. The summed E-state index contributed by atoms with van der Waals surface area (Å²) in [5.74, 6) is -2.67. The van der Waals surface area contributed by atoms with Crippen LogP contribution in [0.3, 0.4) is 0 Å². The number of ketones is 1. The van der Waals surface area contributed by atoms with Gasteiger partial charge in [-0.05, 0) is 52.7 Å². The van der Waals surface area contributed by atoms with Crippen LogP contribution >= 0.6 is 0 Å². The van der Waals surface area contributed by atoms with E-state index in [1.807, 2.05) is 20.8 Å². The standard InChI is InChI=1S/C22H31F3N2O5/c1-20(2,3)31-13-16-9-7-15(8-10-16)12-26-19(30)18(29)17(11-22(23,24)25)27(14-28)32-21(4,5)6/h7-10,14,17H,11-13H2,1-6H3,(H,26,30)/t17-/m0/s1. The summed E-state index contributed by atoms with van der Waals surface area (Å²) < 4.78 is 44.6. The third kappa shape index (κ3) is 10.7. The molecule has 1 rings (SSSR count). The molecule has 0 aliphatic heterocycles. The molecule has 1 aromatic rings. The Morgan fingerprint density at radius 1 is 1.00 bits per heavy atom. The molecule has 0 saturated heterocycles. The summed E-state index contributed by atoms with van der Waals surface area (Å²) in [6.45, 7) is 10.6. The number of carbonyl (C=O) groups excluding carboxylic acids is 3. The molecule has 32 heavy (non-hydrogen) atoms. The van der Waals surface area contributed by atoms with Crippen molar-refractivity contribution in [3.05, 3.63) is 35.4 Å². The highest BCUT2D eigenvalue weighted by Crippen LogP contribution is 2.26. The molecular formula is C22H31F3N2O5. The molecule has 10 heteroatoms. The van der Waals surface area contributed by atoms with E-state index in [2.05, 4.69) is 5.32 Å². The number of Topliss-reactive ketones (excluding diaryl/α,β-unsaturated/α-hetero) is 1. The zero-order chi connectivity index (χ0) is 24.7. The highest BCUT2D eigenvalue weighted by molar-refractivity contribution is 6.38. The van der Waals surface area contributed by atoms with Gasteiger partial charge in [-0.2, -0.15) is 13.2 Å². The zero-order valence-corrected chi connectivity index (χ0v) is 19.2. The molecule has 0 fully saturated rings. The molecule has 0 saturated carbocycles. The Morgan fingerprint density at radius 2 is 1.53 bits per heavy atom. The van der Waals surface area contributed by atoms with Crippen LogP contribution < -0.4 is 5.32 Å². The van der Waals surface area contributed by atoms with Crippen molar-refractivity contribution in [3.63, 3.8) is 0 Å². The lowest BCUT2D eigenvalue weighted by Gasteiger charge is -2.32. The molecular weight excluding hydrogens is 429 g/mol. The van der Waals surface area contributed by atoms with Gasteiger partial charge in [0.15, 0.2) is 0 Å². The second-order valence-corrected chi connectivity index (χ2v) is 9.27. The Morgan fingerprint density at radius 3 is 1.97 bits per heavy atom. The van der Waals surface area contributed by atoms with Gasteiger partial charge in [0.1, 0.15) is 6.04 Å². The van der Waals surface area contributed by atoms with Gasteiger partial charge in [0.25, 0.3) is 5.91 Å². The van der Waals surface area contributed by atoms with Crippen LogP contribution in [-0.2, 0) is 37.1 Å². The van der Waals surface area contributed by atoms with Gasteiger partial charge in [0.05, 0.1) is 24.2 Å². The van der Waals surface area contributed by atoms with E-state index in [9.17, 15) is 27.6 Å². The maximum absolute atomic E-state index is 13.0. The molecule has 7 nitrogen and oxygen atoms in total. The van der Waals surface area contributed by atoms with Crippen LogP contribution in [0.1, 0.15) is 59.1 Å². The first kappa shape index (κ1) is 27.6. The van der Waals surface area contributed by atoms with Crippen LogP contribution in [0.2, 0.25) is 0 Å². The monoisotopic (exact) mass is 460 g/mol. The molecule has 1 N–H and O–H groups in total. The van der Waals surface area contributed by atoms with E-state index in [1.54, 1.807) is 24.3 Å². The first-order chi connectivity index (χ1) is 14.5. The summed E-state index contributed by atoms with van der Waals surface area (Å²) in [5, 5.41) is 2.55. The Balaban J connectivity index is 2.83. The molecule has 2 amide bonds. The van der Waals surface area contributed by atoms with E-state index in [-0.39, 0.29) is 23.6 Å². The van der Waals surface area contributed by atoms with Crippen molar-refractivity contribution in [1.29, 1.82) is 0 Å². The smallest absolute Gasteiger partial charge is 0.371 e. The molecule has 0 radical (unpaired) electrons. The van der Waals surface area contributed by atoms with Crippen LogP contribution in [0, 0.1) is 0 Å². The fourth-order valence-electron chi connectivity index (χ4n) is 2.47. The average molecular weight is 460 g/mol. The van der Waals surface area contributed by atoms with E-state index in [1.165, 1.54) is 20.8 Å². The van der Waals surface area contributed by atoms with Crippen molar-refractivity contribution in [2.75, 3.05) is 0 Å². The summed E-state index contributed by atoms with van der Waals surface area (Å²) in [6.07, 6.45) is -6.55. The first-order valence-electron chi connectivity index (χ1n) is 10.0. The second-order valence-electron chi connectivity index (χ2n) is 9.27. The third-order valence-corrected chi connectivity index (χ3v) is 3.89. The number of hydroxylamine groups is 2. The molecule has 0 heterocycles. The number of rotatable bonds is 10. The van der Waals surface area contributed by atoms with Crippen molar-refractivity contribution < 1.29 is 37.1 Å². The number of hydrogen-bond donors (Lipinski definition) is 1.